The van der Waals surface area contributed by atoms with Gasteiger partial charge in [-0.25, -0.2) is 8.42 Å². The topological polar surface area (TPSA) is 79.0 Å². The number of thiophene rings is 1. The van der Waals surface area contributed by atoms with E-state index < -0.39 is 16.6 Å². The van der Waals surface area contributed by atoms with E-state index in [1.165, 1.54) is 33.8 Å². The third-order valence-corrected chi connectivity index (χ3v) is 7.79. The Balaban J connectivity index is 1.51. The van der Waals surface area contributed by atoms with Gasteiger partial charge in [0.2, 0.25) is 5.91 Å². The summed E-state index contributed by atoms with van der Waals surface area (Å²) in [7, 11) is -3.49. The van der Waals surface area contributed by atoms with Crippen LogP contribution >= 0.6 is 22.9 Å². The summed E-state index contributed by atoms with van der Waals surface area (Å²) in [6, 6.07) is 7.24. The minimum Gasteiger partial charge on any atom is -0.433 e. The number of nitrogens with one attached hydrogen (secondary N) is 1. The van der Waals surface area contributed by atoms with Gasteiger partial charge in [-0.3, -0.25) is 9.69 Å². The van der Waals surface area contributed by atoms with Crippen LogP contribution in [0.5, 0.6) is 5.75 Å². The van der Waals surface area contributed by atoms with Crippen LogP contribution in [0.3, 0.4) is 0 Å². The summed E-state index contributed by atoms with van der Waals surface area (Å²) in [6.07, 6.45) is 0. The number of carbonyl (C=O) groups excluding carboxylic acids is 1. The molecule has 2 aromatic rings. The van der Waals surface area contributed by atoms with E-state index in [1.807, 2.05) is 4.90 Å². The Morgan fingerprint density at radius 2 is 1.97 bits per heavy atom. The van der Waals surface area contributed by atoms with Gasteiger partial charge in [-0.1, -0.05) is 17.7 Å². The molecule has 1 aromatic heterocycles. The van der Waals surface area contributed by atoms with Crippen molar-refractivity contribution < 1.29 is 26.7 Å². The highest BCUT2D eigenvalue weighted by Crippen LogP contribution is 2.29. The first-order chi connectivity index (χ1) is 13.8. The molecule has 0 bridgehead atoms. The first-order valence-electron chi connectivity index (χ1n) is 8.56. The zero-order valence-corrected chi connectivity index (χ0v) is 17.4. The van der Waals surface area contributed by atoms with Gasteiger partial charge in [0.25, 0.3) is 10.0 Å². The summed E-state index contributed by atoms with van der Waals surface area (Å²) >= 11 is 7.04. The average molecular weight is 466 g/mol. The summed E-state index contributed by atoms with van der Waals surface area (Å²) < 4.78 is 55.5. The maximum atomic E-state index is 12.5. The van der Waals surface area contributed by atoms with Crippen molar-refractivity contribution in [3.63, 3.8) is 0 Å². The smallest absolute Gasteiger partial charge is 0.387 e. The van der Waals surface area contributed by atoms with Crippen molar-refractivity contribution in [2.75, 3.05) is 38.0 Å². The maximum absolute atomic E-state index is 12.5. The van der Waals surface area contributed by atoms with Crippen molar-refractivity contribution in [3.05, 3.63) is 40.7 Å². The van der Waals surface area contributed by atoms with E-state index in [0.29, 0.717) is 36.1 Å². The Hall–Kier alpha value is -1.79. The maximum Gasteiger partial charge on any atom is 0.387 e. The van der Waals surface area contributed by atoms with Crippen molar-refractivity contribution in [1.82, 2.24) is 9.21 Å². The number of ether oxygens (including phenoxy) is 1. The normalized spacial score (nSPS) is 16.1. The van der Waals surface area contributed by atoms with E-state index in [0.717, 1.165) is 0 Å². The van der Waals surface area contributed by atoms with Crippen molar-refractivity contribution in [3.8, 4) is 5.75 Å². The van der Waals surface area contributed by atoms with Gasteiger partial charge in [-0.05, 0) is 29.6 Å². The molecule has 1 aliphatic rings. The van der Waals surface area contributed by atoms with E-state index in [1.54, 1.807) is 17.5 Å². The highest BCUT2D eigenvalue weighted by atomic mass is 35.5. The van der Waals surface area contributed by atoms with Crippen LogP contribution in [-0.4, -0.2) is 62.9 Å². The highest BCUT2D eigenvalue weighted by molar-refractivity contribution is 7.91. The van der Waals surface area contributed by atoms with Crippen molar-refractivity contribution >= 4 is 44.6 Å². The number of amides is 1. The van der Waals surface area contributed by atoms with E-state index >= 15 is 0 Å². The number of piperazine rings is 1. The Labute approximate surface area is 175 Å². The summed E-state index contributed by atoms with van der Waals surface area (Å²) in [5.74, 6) is -0.499. The van der Waals surface area contributed by atoms with Gasteiger partial charge in [-0.15, -0.1) is 11.3 Å². The molecule has 3 rings (SSSR count). The number of alkyl halides is 2. The summed E-state index contributed by atoms with van der Waals surface area (Å²) in [4.78, 5) is 14.1. The summed E-state index contributed by atoms with van der Waals surface area (Å²) in [6.45, 7) is -1.51. The molecule has 1 aliphatic heterocycles. The molecule has 1 saturated heterocycles. The molecule has 0 radical (unpaired) electrons. The van der Waals surface area contributed by atoms with Crippen molar-refractivity contribution in [2.45, 2.75) is 10.8 Å². The van der Waals surface area contributed by atoms with E-state index in [4.69, 9.17) is 11.6 Å². The van der Waals surface area contributed by atoms with Crippen LogP contribution < -0.4 is 10.1 Å². The van der Waals surface area contributed by atoms with Crippen LogP contribution in [0, 0.1) is 0 Å². The van der Waals surface area contributed by atoms with Crippen molar-refractivity contribution in [1.29, 1.82) is 0 Å². The molecule has 0 saturated carbocycles. The lowest BCUT2D eigenvalue weighted by Gasteiger charge is -2.33. The van der Waals surface area contributed by atoms with Crippen LogP contribution in [0.25, 0.3) is 0 Å². The summed E-state index contributed by atoms with van der Waals surface area (Å²) in [5.41, 5.74) is 0.348. The van der Waals surface area contributed by atoms with Gasteiger partial charge in [0.05, 0.1) is 11.6 Å². The predicted molar refractivity (Wildman–Crippen MR) is 106 cm³/mol. The van der Waals surface area contributed by atoms with Crippen LogP contribution in [0.2, 0.25) is 5.02 Å². The molecular formula is C17H18ClF2N3O4S2. The minimum atomic E-state index is -3.49. The molecule has 1 N–H and O–H groups in total. The fourth-order valence-electron chi connectivity index (χ4n) is 2.84. The second kappa shape index (κ2) is 9.35. The average Bonchev–Trinajstić information content (AvgIpc) is 3.20. The van der Waals surface area contributed by atoms with Crippen LogP contribution in [-0.2, 0) is 14.8 Å². The first-order valence-corrected chi connectivity index (χ1v) is 11.3. The molecule has 1 amide bonds. The minimum absolute atomic E-state index is 0.0458. The van der Waals surface area contributed by atoms with Gasteiger partial charge in [0.15, 0.2) is 0 Å². The lowest BCUT2D eigenvalue weighted by molar-refractivity contribution is -0.117. The Morgan fingerprint density at radius 3 is 2.55 bits per heavy atom. The second-order valence-corrected chi connectivity index (χ2v) is 9.70. The van der Waals surface area contributed by atoms with Crippen LogP contribution in [0.4, 0.5) is 14.5 Å². The predicted octanol–water partition coefficient (Wildman–Crippen LogP) is 2.95. The number of nitrogens with zero attached hydrogens (tertiary/aromatic N) is 2. The van der Waals surface area contributed by atoms with Crippen molar-refractivity contribution in [2.24, 2.45) is 0 Å². The molecule has 0 aliphatic carbocycles. The van der Waals surface area contributed by atoms with E-state index in [2.05, 4.69) is 10.1 Å². The molecule has 0 atom stereocenters. The Kier molecular flexibility index (Phi) is 7.06. The quantitative estimate of drug-likeness (QED) is 0.680. The van der Waals surface area contributed by atoms with Gasteiger partial charge < -0.3 is 10.1 Å². The van der Waals surface area contributed by atoms with Gasteiger partial charge in [0.1, 0.15) is 9.96 Å². The summed E-state index contributed by atoms with van der Waals surface area (Å²) in [5, 5.41) is 4.30. The number of halogens is 3. The monoisotopic (exact) mass is 465 g/mol. The highest BCUT2D eigenvalue weighted by Gasteiger charge is 2.29. The van der Waals surface area contributed by atoms with E-state index in [-0.39, 0.29) is 23.2 Å². The standard InChI is InChI=1S/C17H18ClF2N3O4S2/c18-13-10-12(3-4-14(13)27-17(19)20)21-15(24)11-22-5-7-23(8-6-22)29(25,26)16-2-1-9-28-16/h1-4,9-10,17H,5-8,11H2,(H,21,24). The zero-order valence-electron chi connectivity index (χ0n) is 15.1. The number of carbonyl (C=O) groups is 1. The fraction of sp³-hybridized carbons (Fsp3) is 0.353. The first kappa shape index (κ1) is 21.9. The molecule has 1 fully saturated rings. The number of hydrogen-bond acceptors (Lipinski definition) is 6. The molecule has 7 nitrogen and oxygen atoms in total. The molecule has 2 heterocycles. The SMILES string of the molecule is O=C(CN1CCN(S(=O)(=O)c2cccs2)CC1)Nc1ccc(OC(F)F)c(Cl)c1. The molecule has 12 heteroatoms. The molecular weight excluding hydrogens is 448 g/mol. The molecule has 29 heavy (non-hydrogen) atoms. The third-order valence-electron chi connectivity index (χ3n) is 4.22. The largest absolute Gasteiger partial charge is 0.433 e. The zero-order chi connectivity index (χ0) is 21.0. The second-order valence-electron chi connectivity index (χ2n) is 6.18. The third kappa shape index (κ3) is 5.64. The van der Waals surface area contributed by atoms with Gasteiger partial charge >= 0.3 is 6.61 Å². The number of hydrogen-bond donors (Lipinski definition) is 1. The van der Waals surface area contributed by atoms with E-state index in [9.17, 15) is 22.0 Å². The van der Waals surface area contributed by atoms with Gasteiger partial charge in [-0.2, -0.15) is 13.1 Å². The number of rotatable bonds is 7. The van der Waals surface area contributed by atoms with Crippen LogP contribution in [0.15, 0.2) is 39.9 Å². The molecule has 1 aromatic carbocycles. The number of sulfonamides is 1. The lowest BCUT2D eigenvalue weighted by Crippen LogP contribution is -2.50. The Bertz CT molecular complexity index is 950. The Morgan fingerprint density at radius 1 is 1.24 bits per heavy atom. The molecule has 0 unspecified atom stereocenters. The fourth-order valence-corrected chi connectivity index (χ4v) is 5.63. The number of benzene rings is 1. The van der Waals surface area contributed by atoms with Gasteiger partial charge in [0, 0.05) is 31.9 Å². The number of anilines is 1. The lowest BCUT2D eigenvalue weighted by atomic mass is 10.3. The molecule has 0 spiro atoms. The van der Waals surface area contributed by atoms with Crippen LogP contribution in [0.1, 0.15) is 0 Å². The molecule has 158 valence electrons.